The Hall–Kier alpha value is -1.31. The van der Waals surface area contributed by atoms with Gasteiger partial charge < -0.3 is 5.32 Å². The molecule has 0 aromatic heterocycles. The van der Waals surface area contributed by atoms with E-state index in [0.717, 1.165) is 13.0 Å². The number of hydrogen-bond acceptors (Lipinski definition) is 2. The van der Waals surface area contributed by atoms with Crippen molar-refractivity contribution >= 4 is 5.84 Å². The van der Waals surface area contributed by atoms with Gasteiger partial charge in [0.15, 0.2) is 0 Å². The van der Waals surface area contributed by atoms with Crippen molar-refractivity contribution in [3.05, 3.63) is 35.9 Å². The van der Waals surface area contributed by atoms with Crippen molar-refractivity contribution in [3.8, 4) is 0 Å². The van der Waals surface area contributed by atoms with Crippen LogP contribution < -0.4 is 5.32 Å². The van der Waals surface area contributed by atoms with Crippen molar-refractivity contribution in [2.45, 2.75) is 32.2 Å². The first-order chi connectivity index (χ1) is 7.36. The van der Waals surface area contributed by atoms with E-state index in [4.69, 9.17) is 0 Å². The van der Waals surface area contributed by atoms with E-state index in [1.54, 1.807) is 0 Å². The molecule has 0 saturated heterocycles. The Morgan fingerprint density at radius 3 is 2.67 bits per heavy atom. The molecule has 1 aliphatic heterocycles. The lowest BCUT2D eigenvalue weighted by molar-refractivity contribution is 0.656. The summed E-state index contributed by atoms with van der Waals surface area (Å²) >= 11 is 0. The number of hydrogen-bond donors (Lipinski definition) is 1. The molecule has 2 rings (SSSR count). The summed E-state index contributed by atoms with van der Waals surface area (Å²) in [5, 5.41) is 3.49. The predicted octanol–water partition coefficient (Wildman–Crippen LogP) is 2.92. The monoisotopic (exact) mass is 202 g/mol. The average molecular weight is 202 g/mol. The molecule has 1 N–H and O–H groups in total. The number of amidine groups is 1. The van der Waals surface area contributed by atoms with Crippen LogP contribution in [-0.2, 0) is 0 Å². The smallest absolute Gasteiger partial charge is 0.0967 e. The zero-order valence-corrected chi connectivity index (χ0v) is 9.24. The maximum absolute atomic E-state index is 4.50. The van der Waals surface area contributed by atoms with Gasteiger partial charge in [0.25, 0.3) is 0 Å². The minimum Gasteiger partial charge on any atom is -0.367 e. The Balaban J connectivity index is 1.97. The van der Waals surface area contributed by atoms with Gasteiger partial charge >= 0.3 is 0 Å². The Morgan fingerprint density at radius 2 is 2.00 bits per heavy atom. The Kier molecular flexibility index (Phi) is 3.38. The minimum absolute atomic E-state index is 0.364. The van der Waals surface area contributed by atoms with Gasteiger partial charge in [-0.15, -0.1) is 0 Å². The molecule has 0 unspecified atom stereocenters. The number of nitrogens with zero attached hydrogens (tertiary/aromatic N) is 1. The van der Waals surface area contributed by atoms with Crippen LogP contribution in [-0.4, -0.2) is 12.4 Å². The van der Waals surface area contributed by atoms with E-state index in [2.05, 4.69) is 41.5 Å². The zero-order valence-electron chi connectivity index (χ0n) is 9.24. The summed E-state index contributed by atoms with van der Waals surface area (Å²) < 4.78 is 0. The summed E-state index contributed by atoms with van der Waals surface area (Å²) in [6, 6.07) is 10.9. The van der Waals surface area contributed by atoms with E-state index in [9.17, 15) is 0 Å². The molecule has 0 spiro atoms. The molecule has 0 bridgehead atoms. The van der Waals surface area contributed by atoms with Gasteiger partial charge in [-0.3, -0.25) is 4.99 Å². The molecule has 0 saturated carbocycles. The van der Waals surface area contributed by atoms with Crippen LogP contribution in [0.3, 0.4) is 0 Å². The molecule has 1 aromatic carbocycles. The fourth-order valence-electron chi connectivity index (χ4n) is 1.89. The summed E-state index contributed by atoms with van der Waals surface area (Å²) in [5.41, 5.74) is 1.32. The second-order valence-electron chi connectivity index (χ2n) is 4.06. The van der Waals surface area contributed by atoms with E-state index < -0.39 is 0 Å². The largest absolute Gasteiger partial charge is 0.367 e. The third kappa shape index (κ3) is 2.82. The average Bonchev–Trinajstić information content (AvgIpc) is 2.31. The summed E-state index contributed by atoms with van der Waals surface area (Å²) in [4.78, 5) is 4.50. The summed E-state index contributed by atoms with van der Waals surface area (Å²) in [5.74, 6) is 1.18. The van der Waals surface area contributed by atoms with Crippen LogP contribution in [0.1, 0.15) is 37.8 Å². The van der Waals surface area contributed by atoms with Gasteiger partial charge in [-0.1, -0.05) is 30.3 Å². The van der Waals surface area contributed by atoms with Crippen molar-refractivity contribution in [2.75, 3.05) is 6.54 Å². The van der Waals surface area contributed by atoms with Gasteiger partial charge in [-0.05, 0) is 25.3 Å². The van der Waals surface area contributed by atoms with Crippen molar-refractivity contribution in [3.63, 3.8) is 0 Å². The number of aliphatic imine (C=N–C) groups is 1. The van der Waals surface area contributed by atoms with Crippen LogP contribution in [0, 0.1) is 0 Å². The molecule has 0 amide bonds. The van der Waals surface area contributed by atoms with Crippen LogP contribution in [0.4, 0.5) is 0 Å². The highest BCUT2D eigenvalue weighted by atomic mass is 15.0. The Morgan fingerprint density at radius 1 is 1.20 bits per heavy atom. The van der Waals surface area contributed by atoms with E-state index in [0.29, 0.717) is 6.04 Å². The van der Waals surface area contributed by atoms with Gasteiger partial charge in [0, 0.05) is 19.0 Å². The number of nitrogens with one attached hydrogen (secondary N) is 1. The van der Waals surface area contributed by atoms with Gasteiger partial charge in [0.1, 0.15) is 0 Å². The topological polar surface area (TPSA) is 24.4 Å². The zero-order chi connectivity index (χ0) is 10.5. The highest BCUT2D eigenvalue weighted by molar-refractivity contribution is 5.83. The molecule has 80 valence electrons. The molecule has 15 heavy (non-hydrogen) atoms. The maximum Gasteiger partial charge on any atom is 0.0967 e. The molecule has 2 nitrogen and oxygen atoms in total. The van der Waals surface area contributed by atoms with E-state index in [1.807, 2.05) is 6.07 Å². The van der Waals surface area contributed by atoms with Crippen LogP contribution >= 0.6 is 0 Å². The van der Waals surface area contributed by atoms with Crippen molar-refractivity contribution in [1.82, 2.24) is 5.32 Å². The predicted molar refractivity (Wildman–Crippen MR) is 64.1 cm³/mol. The van der Waals surface area contributed by atoms with E-state index in [-0.39, 0.29) is 0 Å². The number of benzene rings is 1. The van der Waals surface area contributed by atoms with Crippen LogP contribution in [0.25, 0.3) is 0 Å². The lowest BCUT2D eigenvalue weighted by Gasteiger charge is -2.19. The van der Waals surface area contributed by atoms with Gasteiger partial charge in [0.2, 0.25) is 0 Å². The molecule has 0 fully saturated rings. The molecule has 0 aliphatic carbocycles. The first kappa shape index (κ1) is 10.2. The Bertz CT molecular complexity index is 330. The van der Waals surface area contributed by atoms with Crippen LogP contribution in [0.5, 0.6) is 0 Å². The van der Waals surface area contributed by atoms with Crippen molar-refractivity contribution < 1.29 is 0 Å². The van der Waals surface area contributed by atoms with Crippen molar-refractivity contribution in [2.24, 2.45) is 4.99 Å². The second-order valence-corrected chi connectivity index (χ2v) is 4.06. The molecule has 0 radical (unpaired) electrons. The summed E-state index contributed by atoms with van der Waals surface area (Å²) in [6.45, 7) is 3.18. The molecule has 1 heterocycles. The molecule has 2 heteroatoms. The standard InChI is InChI=1S/C13H18N2/c1-11(12-7-3-2-4-8-12)15-13-9-5-6-10-14-13/h2-4,7-8,11H,5-6,9-10H2,1H3,(H,14,15)/t11-/m1/s1. The normalized spacial score (nSPS) is 18.1. The maximum atomic E-state index is 4.50. The van der Waals surface area contributed by atoms with Gasteiger partial charge in [0.05, 0.1) is 5.84 Å². The molecule has 1 aliphatic rings. The first-order valence-electron chi connectivity index (χ1n) is 5.71. The third-order valence-electron chi connectivity index (χ3n) is 2.81. The fraction of sp³-hybridized carbons (Fsp3) is 0.462. The van der Waals surface area contributed by atoms with Crippen LogP contribution in [0.2, 0.25) is 0 Å². The number of rotatable bonds is 2. The van der Waals surface area contributed by atoms with Crippen molar-refractivity contribution in [1.29, 1.82) is 0 Å². The highest BCUT2D eigenvalue weighted by Gasteiger charge is 2.09. The molecular weight excluding hydrogens is 184 g/mol. The lowest BCUT2D eigenvalue weighted by atomic mass is 10.1. The summed E-state index contributed by atoms with van der Waals surface area (Å²) in [6.07, 6.45) is 3.62. The molecular formula is C13H18N2. The van der Waals surface area contributed by atoms with Gasteiger partial charge in [-0.25, -0.2) is 0 Å². The third-order valence-corrected chi connectivity index (χ3v) is 2.81. The minimum atomic E-state index is 0.364. The SMILES string of the molecule is C[C@@H](NC1=NCCCC1)c1ccccc1. The quantitative estimate of drug-likeness (QED) is 0.783. The lowest BCUT2D eigenvalue weighted by Crippen LogP contribution is -2.28. The Labute approximate surface area is 91.4 Å². The second kappa shape index (κ2) is 4.96. The molecule has 1 aromatic rings. The fourth-order valence-corrected chi connectivity index (χ4v) is 1.89. The molecule has 1 atom stereocenters. The first-order valence-corrected chi connectivity index (χ1v) is 5.71. The van der Waals surface area contributed by atoms with Crippen LogP contribution in [0.15, 0.2) is 35.3 Å². The summed E-state index contributed by atoms with van der Waals surface area (Å²) in [7, 11) is 0. The highest BCUT2D eigenvalue weighted by Crippen LogP contribution is 2.13. The van der Waals surface area contributed by atoms with E-state index in [1.165, 1.54) is 24.2 Å². The van der Waals surface area contributed by atoms with Gasteiger partial charge in [-0.2, -0.15) is 0 Å². The van der Waals surface area contributed by atoms with E-state index >= 15 is 0 Å².